The smallest absolute Gasteiger partial charge is 0.221 e. The van der Waals surface area contributed by atoms with E-state index in [2.05, 4.69) is 5.32 Å². The molecular weight excluding hydrogens is 310 g/mol. The predicted octanol–water partition coefficient (Wildman–Crippen LogP) is 4.10. The molecule has 5 heteroatoms. The van der Waals surface area contributed by atoms with Gasteiger partial charge in [0.1, 0.15) is 5.82 Å². The molecule has 1 aliphatic heterocycles. The average Bonchev–Trinajstić information content (AvgIpc) is 2.54. The fourth-order valence-electron chi connectivity index (χ4n) is 3.26. The van der Waals surface area contributed by atoms with Gasteiger partial charge in [0, 0.05) is 31.3 Å². The Morgan fingerprint density at radius 3 is 2.62 bits per heavy atom. The second-order valence-corrected chi connectivity index (χ2v) is 6.29. The molecule has 0 radical (unpaired) electrons. The Morgan fingerprint density at radius 2 is 1.92 bits per heavy atom. The van der Waals surface area contributed by atoms with Crippen molar-refractivity contribution in [2.75, 3.05) is 16.8 Å². The molecule has 0 aliphatic carbocycles. The van der Waals surface area contributed by atoms with E-state index in [-0.39, 0.29) is 17.5 Å². The molecule has 0 atom stereocenters. The Bertz CT molecular complexity index is 817. The number of halogens is 2. The quantitative estimate of drug-likeness (QED) is 0.899. The van der Waals surface area contributed by atoms with Crippen LogP contribution in [0.25, 0.3) is 0 Å². The summed E-state index contributed by atoms with van der Waals surface area (Å²) in [4.78, 5) is 13.3. The van der Waals surface area contributed by atoms with Gasteiger partial charge >= 0.3 is 0 Å². The monoisotopic (exact) mass is 330 g/mol. The van der Waals surface area contributed by atoms with Crippen LogP contribution in [0.15, 0.2) is 24.3 Å². The predicted molar refractivity (Wildman–Crippen MR) is 91.3 cm³/mol. The number of rotatable bonds is 2. The largest absolute Gasteiger partial charge is 0.364 e. The first-order valence-corrected chi connectivity index (χ1v) is 7.96. The van der Waals surface area contributed by atoms with Crippen molar-refractivity contribution in [3.8, 4) is 0 Å². The summed E-state index contributed by atoms with van der Waals surface area (Å²) in [6, 6.07) is 6.52. The van der Waals surface area contributed by atoms with Gasteiger partial charge in [0.15, 0.2) is 5.82 Å². The average molecular weight is 330 g/mol. The molecule has 1 heterocycles. The molecule has 1 amide bonds. The lowest BCUT2D eigenvalue weighted by Crippen LogP contribution is -2.31. The number of aryl methyl sites for hydroxylation is 1. The first-order chi connectivity index (χ1) is 11.4. The summed E-state index contributed by atoms with van der Waals surface area (Å²) >= 11 is 0. The SMILES string of the molecule is CC(=O)Nc1c(C)cc(N2CCc3cc(F)ccc3C2)c(F)c1C. The van der Waals surface area contributed by atoms with Gasteiger partial charge in [0.25, 0.3) is 0 Å². The minimum Gasteiger partial charge on any atom is -0.364 e. The Hall–Kier alpha value is -2.43. The summed E-state index contributed by atoms with van der Waals surface area (Å²) in [7, 11) is 0. The molecule has 1 N–H and O–H groups in total. The van der Waals surface area contributed by atoms with Gasteiger partial charge in [-0.3, -0.25) is 4.79 Å². The lowest BCUT2D eigenvalue weighted by molar-refractivity contribution is -0.114. The van der Waals surface area contributed by atoms with Crippen LogP contribution in [0.1, 0.15) is 29.2 Å². The molecule has 0 saturated heterocycles. The third-order valence-corrected chi connectivity index (χ3v) is 4.50. The van der Waals surface area contributed by atoms with E-state index in [1.807, 2.05) is 11.8 Å². The first kappa shape index (κ1) is 16.4. The standard InChI is InChI=1S/C19H20F2N2O/c1-11-8-17(18(21)12(2)19(11)22-13(3)24)23-7-6-14-9-16(20)5-4-15(14)10-23/h4-5,8-9H,6-7,10H2,1-3H3,(H,22,24). The summed E-state index contributed by atoms with van der Waals surface area (Å²) in [6.45, 7) is 6.11. The molecular formula is C19H20F2N2O. The minimum atomic E-state index is -0.324. The molecule has 0 fully saturated rings. The van der Waals surface area contributed by atoms with Gasteiger partial charge in [0.2, 0.25) is 5.91 Å². The van der Waals surface area contributed by atoms with Crippen LogP contribution >= 0.6 is 0 Å². The summed E-state index contributed by atoms with van der Waals surface area (Å²) in [5.74, 6) is -0.781. The molecule has 3 rings (SSSR count). The number of amides is 1. The van der Waals surface area contributed by atoms with Gasteiger partial charge in [-0.2, -0.15) is 0 Å². The van der Waals surface area contributed by atoms with Crippen molar-refractivity contribution in [1.29, 1.82) is 0 Å². The molecule has 0 bridgehead atoms. The van der Waals surface area contributed by atoms with Crippen LogP contribution < -0.4 is 10.2 Å². The van der Waals surface area contributed by atoms with Gasteiger partial charge in [-0.1, -0.05) is 6.07 Å². The molecule has 3 nitrogen and oxygen atoms in total. The number of carbonyl (C=O) groups is 1. The molecule has 0 spiro atoms. The van der Waals surface area contributed by atoms with Crippen LogP contribution in [-0.2, 0) is 17.8 Å². The highest BCUT2D eigenvalue weighted by atomic mass is 19.1. The van der Waals surface area contributed by atoms with Crippen molar-refractivity contribution in [1.82, 2.24) is 0 Å². The van der Waals surface area contributed by atoms with Crippen LogP contribution in [-0.4, -0.2) is 12.5 Å². The zero-order valence-corrected chi connectivity index (χ0v) is 14.0. The topological polar surface area (TPSA) is 32.3 Å². The van der Waals surface area contributed by atoms with Crippen LogP contribution in [0, 0.1) is 25.5 Å². The van der Waals surface area contributed by atoms with E-state index in [0.29, 0.717) is 36.4 Å². The van der Waals surface area contributed by atoms with Crippen LogP contribution in [0.5, 0.6) is 0 Å². The second-order valence-electron chi connectivity index (χ2n) is 6.29. The van der Waals surface area contributed by atoms with Gasteiger partial charge in [-0.15, -0.1) is 0 Å². The lowest BCUT2D eigenvalue weighted by Gasteiger charge is -2.32. The number of hydrogen-bond acceptors (Lipinski definition) is 2. The van der Waals surface area contributed by atoms with Gasteiger partial charge in [0.05, 0.1) is 5.69 Å². The van der Waals surface area contributed by atoms with Crippen LogP contribution in [0.4, 0.5) is 20.2 Å². The van der Waals surface area contributed by atoms with Crippen molar-refractivity contribution in [3.05, 3.63) is 58.2 Å². The van der Waals surface area contributed by atoms with Gasteiger partial charge in [-0.25, -0.2) is 8.78 Å². The lowest BCUT2D eigenvalue weighted by atomic mass is 9.98. The number of nitrogens with zero attached hydrogens (tertiary/aromatic N) is 1. The Balaban J connectivity index is 1.96. The molecule has 1 aliphatic rings. The molecule has 0 unspecified atom stereocenters. The van der Waals surface area contributed by atoms with Crippen LogP contribution in [0.3, 0.4) is 0 Å². The number of benzene rings is 2. The van der Waals surface area contributed by atoms with E-state index in [1.165, 1.54) is 13.0 Å². The molecule has 2 aromatic carbocycles. The summed E-state index contributed by atoms with van der Waals surface area (Å²) < 4.78 is 28.2. The highest BCUT2D eigenvalue weighted by Gasteiger charge is 2.22. The van der Waals surface area contributed by atoms with E-state index < -0.39 is 0 Å². The minimum absolute atomic E-state index is 0.220. The zero-order valence-electron chi connectivity index (χ0n) is 14.0. The first-order valence-electron chi connectivity index (χ1n) is 7.96. The Kier molecular flexibility index (Phi) is 4.26. The third-order valence-electron chi connectivity index (χ3n) is 4.50. The molecule has 2 aromatic rings. The van der Waals surface area contributed by atoms with Crippen molar-refractivity contribution in [3.63, 3.8) is 0 Å². The van der Waals surface area contributed by atoms with Crippen molar-refractivity contribution in [2.24, 2.45) is 0 Å². The van der Waals surface area contributed by atoms with E-state index >= 15 is 0 Å². The number of hydrogen-bond donors (Lipinski definition) is 1. The second kappa shape index (κ2) is 6.23. The van der Waals surface area contributed by atoms with Crippen LogP contribution in [0.2, 0.25) is 0 Å². The molecule has 24 heavy (non-hydrogen) atoms. The van der Waals surface area contributed by atoms with Crippen molar-refractivity contribution < 1.29 is 13.6 Å². The Labute approximate surface area is 140 Å². The highest BCUT2D eigenvalue weighted by molar-refractivity contribution is 5.91. The summed E-state index contributed by atoms with van der Waals surface area (Å²) in [5, 5.41) is 2.70. The maximum absolute atomic E-state index is 14.9. The molecule has 0 saturated carbocycles. The number of carbonyl (C=O) groups excluding carboxylic acids is 1. The number of fused-ring (bicyclic) bond motifs is 1. The highest BCUT2D eigenvalue weighted by Crippen LogP contribution is 2.34. The normalized spacial score (nSPS) is 13.6. The molecule has 0 aromatic heterocycles. The maximum Gasteiger partial charge on any atom is 0.221 e. The maximum atomic E-state index is 14.9. The van der Waals surface area contributed by atoms with Gasteiger partial charge in [-0.05, 0) is 55.2 Å². The van der Waals surface area contributed by atoms with E-state index in [1.54, 1.807) is 25.1 Å². The summed E-state index contributed by atoms with van der Waals surface area (Å²) in [6.07, 6.45) is 0.679. The zero-order chi connectivity index (χ0) is 17.4. The van der Waals surface area contributed by atoms with E-state index in [4.69, 9.17) is 0 Å². The number of anilines is 2. The van der Waals surface area contributed by atoms with Gasteiger partial charge < -0.3 is 10.2 Å². The van der Waals surface area contributed by atoms with Crippen molar-refractivity contribution in [2.45, 2.75) is 33.7 Å². The third kappa shape index (κ3) is 2.98. The van der Waals surface area contributed by atoms with Crippen molar-refractivity contribution >= 4 is 17.3 Å². The fraction of sp³-hybridized carbons (Fsp3) is 0.316. The molecule has 126 valence electrons. The van der Waals surface area contributed by atoms with E-state index in [9.17, 15) is 13.6 Å². The summed E-state index contributed by atoms with van der Waals surface area (Å²) in [5.41, 5.74) is 4.31. The Morgan fingerprint density at radius 1 is 1.17 bits per heavy atom. The van der Waals surface area contributed by atoms with E-state index in [0.717, 1.165) is 16.7 Å². The number of nitrogens with one attached hydrogen (secondary N) is 1. The fourth-order valence-corrected chi connectivity index (χ4v) is 3.26.